The van der Waals surface area contributed by atoms with Gasteiger partial charge in [-0.2, -0.15) is 0 Å². The number of carbonyl (C=O) groups is 4. The summed E-state index contributed by atoms with van der Waals surface area (Å²) in [4.78, 5) is 58.5. The van der Waals surface area contributed by atoms with E-state index >= 15 is 0 Å². The maximum atomic E-state index is 12.7. The van der Waals surface area contributed by atoms with E-state index in [4.69, 9.17) is 10.5 Å². The van der Waals surface area contributed by atoms with Gasteiger partial charge in [0.25, 0.3) is 11.8 Å². The number of oxime groups is 1. The van der Waals surface area contributed by atoms with Crippen LogP contribution in [0.15, 0.2) is 10.5 Å². The van der Waals surface area contributed by atoms with Gasteiger partial charge in [0, 0.05) is 17.1 Å². The van der Waals surface area contributed by atoms with Gasteiger partial charge in [0.15, 0.2) is 10.8 Å². The van der Waals surface area contributed by atoms with Crippen LogP contribution in [-0.2, 0) is 28.8 Å². The number of nitrogens with two attached hydrogens (primary N) is 1. The van der Waals surface area contributed by atoms with Crippen molar-refractivity contribution in [3.8, 4) is 0 Å². The van der Waals surface area contributed by atoms with Gasteiger partial charge < -0.3 is 30.5 Å². The number of carboxylic acids is 1. The van der Waals surface area contributed by atoms with Crippen LogP contribution in [0.2, 0.25) is 0 Å². The van der Waals surface area contributed by atoms with Crippen LogP contribution < -0.4 is 45.7 Å². The molecule has 0 unspecified atom stereocenters. The van der Waals surface area contributed by atoms with Crippen LogP contribution in [0, 0.1) is 5.92 Å². The zero-order valence-corrected chi connectivity index (χ0v) is 19.4. The number of carboxylic acid groups (broad SMARTS) is 1. The molecule has 3 aliphatic heterocycles. The molecule has 0 saturated carbocycles. The van der Waals surface area contributed by atoms with Crippen molar-refractivity contribution >= 4 is 57.7 Å². The SMILES string of the molecule is CO/N=C(\C(=O)N[C@@H]1C(=O)N2[C@@H]1SC[C@H]1CC(=O)O[C@]12C(=O)[O-])c1csc(N)n1.[Na+]. The average molecular weight is 463 g/mol. The number of esters is 1. The fourth-order valence-electron chi connectivity index (χ4n) is 3.60. The number of rotatable bonds is 5. The molecular weight excluding hydrogens is 449 g/mol. The van der Waals surface area contributed by atoms with E-state index in [0.29, 0.717) is 0 Å². The van der Waals surface area contributed by atoms with Gasteiger partial charge in [0.2, 0.25) is 5.72 Å². The molecule has 0 aliphatic carbocycles. The van der Waals surface area contributed by atoms with Crippen molar-refractivity contribution in [3.05, 3.63) is 11.1 Å². The standard InChI is InChI=1S/C15H15N5O7S2.Na/c1-26-19-8(6-4-29-14(16)17-6)10(22)18-9-11(23)20-12(9)28-3-5-2-7(21)27-15(5,20)13(24)25;/h4-5,9,12H,2-3H2,1H3,(H2,16,17)(H,18,22)(H,24,25);/q;+1/p-1/b19-8-;/t5-,9-,12-,15+;/m1./s1. The van der Waals surface area contributed by atoms with Crippen LogP contribution in [0.5, 0.6) is 0 Å². The molecule has 154 valence electrons. The number of thioether (sulfide) groups is 1. The first-order valence-corrected chi connectivity index (χ1v) is 10.2. The maximum Gasteiger partial charge on any atom is 1.00 e. The molecule has 30 heavy (non-hydrogen) atoms. The smallest absolute Gasteiger partial charge is 0.544 e. The largest absolute Gasteiger partial charge is 1.00 e. The number of β-lactam (4-membered cyclic amide) rings is 1. The van der Waals surface area contributed by atoms with Gasteiger partial charge in [0.1, 0.15) is 30.2 Å². The maximum absolute atomic E-state index is 12.7. The predicted octanol–water partition coefficient (Wildman–Crippen LogP) is -5.51. The van der Waals surface area contributed by atoms with E-state index in [9.17, 15) is 24.3 Å². The number of nitrogen functional groups attached to an aromatic ring is 1. The summed E-state index contributed by atoms with van der Waals surface area (Å²) in [7, 11) is 1.24. The molecule has 1 aromatic heterocycles. The molecule has 1 aromatic rings. The van der Waals surface area contributed by atoms with Crippen LogP contribution in [0.4, 0.5) is 5.13 Å². The molecule has 4 atom stereocenters. The fourth-order valence-corrected chi connectivity index (χ4v) is 5.71. The van der Waals surface area contributed by atoms with Crippen molar-refractivity contribution in [2.45, 2.75) is 23.6 Å². The number of nitrogens with zero attached hydrogens (tertiary/aromatic N) is 3. The van der Waals surface area contributed by atoms with Gasteiger partial charge >= 0.3 is 35.5 Å². The molecule has 12 nitrogen and oxygen atoms in total. The van der Waals surface area contributed by atoms with Crippen molar-refractivity contribution in [1.82, 2.24) is 15.2 Å². The number of fused-ring (bicyclic) bond motifs is 3. The van der Waals surface area contributed by atoms with E-state index in [1.165, 1.54) is 24.3 Å². The number of hydrogen-bond acceptors (Lipinski definition) is 12. The fraction of sp³-hybridized carbons (Fsp3) is 0.467. The number of carbonyl (C=O) groups excluding carboxylic acids is 4. The van der Waals surface area contributed by atoms with E-state index < -0.39 is 46.8 Å². The Kier molecular flexibility index (Phi) is 6.34. The first kappa shape index (κ1) is 22.8. The second-order valence-electron chi connectivity index (χ2n) is 6.44. The summed E-state index contributed by atoms with van der Waals surface area (Å²) < 4.78 is 5.04. The van der Waals surface area contributed by atoms with E-state index in [1.54, 1.807) is 0 Å². The van der Waals surface area contributed by atoms with E-state index in [2.05, 4.69) is 20.3 Å². The molecule has 3 aliphatic rings. The average Bonchev–Trinajstić information content (AvgIpc) is 3.25. The zero-order chi connectivity index (χ0) is 20.9. The van der Waals surface area contributed by atoms with Crippen molar-refractivity contribution in [2.24, 2.45) is 11.1 Å². The molecule has 15 heteroatoms. The summed E-state index contributed by atoms with van der Waals surface area (Å²) in [5, 5.41) is 19.0. The summed E-state index contributed by atoms with van der Waals surface area (Å²) in [6.45, 7) is 0. The molecule has 4 rings (SSSR count). The minimum Gasteiger partial charge on any atom is -0.544 e. The third kappa shape index (κ3) is 3.36. The molecule has 0 bridgehead atoms. The molecule has 0 radical (unpaired) electrons. The van der Waals surface area contributed by atoms with Gasteiger partial charge in [-0.05, 0) is 0 Å². The second kappa shape index (κ2) is 8.34. The third-order valence-electron chi connectivity index (χ3n) is 4.85. The van der Waals surface area contributed by atoms with Gasteiger partial charge in [0.05, 0.1) is 6.42 Å². The Balaban J connectivity index is 0.00000256. The summed E-state index contributed by atoms with van der Waals surface area (Å²) >= 11 is 2.35. The predicted molar refractivity (Wildman–Crippen MR) is 97.0 cm³/mol. The number of thiazole rings is 1. The number of amides is 2. The Morgan fingerprint density at radius 2 is 2.23 bits per heavy atom. The summed E-state index contributed by atoms with van der Waals surface area (Å²) in [6.07, 6.45) is -0.121. The number of aliphatic carboxylic acids is 1. The first-order valence-electron chi connectivity index (χ1n) is 8.31. The molecule has 3 fully saturated rings. The monoisotopic (exact) mass is 463 g/mol. The third-order valence-corrected chi connectivity index (χ3v) is 6.94. The minimum atomic E-state index is -2.14. The number of aromatic nitrogens is 1. The second-order valence-corrected chi connectivity index (χ2v) is 8.48. The summed E-state index contributed by atoms with van der Waals surface area (Å²) in [6, 6.07) is -1.04. The van der Waals surface area contributed by atoms with Crippen molar-refractivity contribution in [3.63, 3.8) is 0 Å². The van der Waals surface area contributed by atoms with Crippen LogP contribution in [0.1, 0.15) is 12.1 Å². The topological polar surface area (TPSA) is 176 Å². The number of ether oxygens (including phenoxy) is 1. The molecule has 3 saturated heterocycles. The number of hydrogen-bond donors (Lipinski definition) is 2. The summed E-state index contributed by atoms with van der Waals surface area (Å²) in [5.41, 5.74) is 3.42. The van der Waals surface area contributed by atoms with E-state index in [-0.39, 0.29) is 58.3 Å². The molecule has 0 spiro atoms. The van der Waals surface area contributed by atoms with Gasteiger partial charge in [-0.15, -0.1) is 23.1 Å². The molecule has 2 amide bonds. The summed E-state index contributed by atoms with van der Waals surface area (Å²) in [5.74, 6) is -4.28. The van der Waals surface area contributed by atoms with Crippen molar-refractivity contribution in [1.29, 1.82) is 0 Å². The Bertz CT molecular complexity index is 956. The normalized spacial score (nSPS) is 29.7. The van der Waals surface area contributed by atoms with Crippen molar-refractivity contribution in [2.75, 3.05) is 18.6 Å². The van der Waals surface area contributed by atoms with Crippen LogP contribution in [0.3, 0.4) is 0 Å². The molecule has 4 heterocycles. The Labute approximate surface area is 199 Å². The van der Waals surface area contributed by atoms with Crippen molar-refractivity contribution < 1.29 is 63.4 Å². The Hall–Kier alpha value is -1.87. The van der Waals surface area contributed by atoms with E-state index in [1.807, 2.05) is 0 Å². The van der Waals surface area contributed by atoms with Gasteiger partial charge in [-0.25, -0.2) is 4.98 Å². The van der Waals surface area contributed by atoms with Crippen LogP contribution in [-0.4, -0.2) is 69.4 Å². The Morgan fingerprint density at radius 1 is 1.50 bits per heavy atom. The zero-order valence-electron chi connectivity index (χ0n) is 15.8. The van der Waals surface area contributed by atoms with E-state index in [0.717, 1.165) is 16.2 Å². The van der Waals surface area contributed by atoms with Gasteiger partial charge in [-0.1, -0.05) is 5.16 Å². The van der Waals surface area contributed by atoms with Crippen LogP contribution in [0.25, 0.3) is 0 Å². The number of anilines is 1. The molecule has 3 N–H and O–H groups in total. The Morgan fingerprint density at radius 3 is 2.83 bits per heavy atom. The van der Waals surface area contributed by atoms with Gasteiger partial charge in [-0.3, -0.25) is 19.3 Å². The first-order chi connectivity index (χ1) is 13.8. The van der Waals surface area contributed by atoms with Crippen LogP contribution >= 0.6 is 23.1 Å². The molecule has 0 aromatic carbocycles. The quantitative estimate of drug-likeness (QED) is 0.141. The number of nitrogens with one attached hydrogen (secondary N) is 1. The minimum absolute atomic E-state index is 0. The molecular formula is C15H14N5NaO7S2.